The van der Waals surface area contributed by atoms with Crippen molar-refractivity contribution in [3.05, 3.63) is 53.1 Å². The molecule has 5 rings (SSSR count). The van der Waals surface area contributed by atoms with Crippen LogP contribution in [0.2, 0.25) is 0 Å². The van der Waals surface area contributed by atoms with E-state index in [2.05, 4.69) is 4.99 Å². The standard InChI is InChI=1S/C26H30F2N6O3/c1-16(35)32-6-3-22-21(15-32)26(31-34(22)18-4-8-36-9-5-18)33-7-10-37-24-12-19(17(13-29)14-30-2)20(25(27)28)11-23(24)33/h4,8,11-14,18,25H,3,5-7,9-10,15,29H2,1-2H3. The van der Waals surface area contributed by atoms with E-state index in [-0.39, 0.29) is 23.1 Å². The predicted molar refractivity (Wildman–Crippen MR) is 136 cm³/mol. The maximum absolute atomic E-state index is 14.3. The first-order chi connectivity index (χ1) is 17.9. The van der Waals surface area contributed by atoms with E-state index in [1.165, 1.54) is 18.5 Å². The summed E-state index contributed by atoms with van der Waals surface area (Å²) in [4.78, 5) is 19.9. The number of hydrogen-bond acceptors (Lipinski definition) is 7. The number of carbonyl (C=O) groups is 1. The van der Waals surface area contributed by atoms with Gasteiger partial charge in [-0.3, -0.25) is 14.5 Å². The summed E-state index contributed by atoms with van der Waals surface area (Å²) < 4.78 is 41.8. The van der Waals surface area contributed by atoms with Gasteiger partial charge in [0.2, 0.25) is 5.91 Å². The quantitative estimate of drug-likeness (QED) is 0.613. The Kier molecular flexibility index (Phi) is 6.86. The Bertz CT molecular complexity index is 1290. The summed E-state index contributed by atoms with van der Waals surface area (Å²) >= 11 is 0. The van der Waals surface area contributed by atoms with Gasteiger partial charge in [-0.2, -0.15) is 5.10 Å². The first-order valence-electron chi connectivity index (χ1n) is 12.3. The number of allylic oxidation sites excluding steroid dienone is 2. The van der Waals surface area contributed by atoms with E-state index in [1.54, 1.807) is 31.2 Å². The number of aromatic nitrogens is 2. The molecule has 0 aliphatic carbocycles. The minimum Gasteiger partial charge on any atom is -0.501 e. The molecule has 3 aliphatic rings. The van der Waals surface area contributed by atoms with Crippen LogP contribution in [0.3, 0.4) is 0 Å². The fraction of sp³-hybridized carbons (Fsp3) is 0.423. The number of ether oxygens (including phenoxy) is 2. The zero-order valence-electron chi connectivity index (χ0n) is 20.9. The second-order valence-corrected chi connectivity index (χ2v) is 9.16. The number of carbonyl (C=O) groups excluding carboxylic acids is 1. The molecule has 11 heteroatoms. The molecule has 2 aromatic rings. The SMILES string of the molecule is CN=CC(=CN)c1cc2c(cc1C(F)F)N(c1nn(C3C=COCC3)c3c1CN(C(C)=O)CC3)CCO2. The van der Waals surface area contributed by atoms with Gasteiger partial charge in [-0.05, 0) is 23.8 Å². The number of halogens is 2. The van der Waals surface area contributed by atoms with Gasteiger partial charge in [0.15, 0.2) is 5.82 Å². The van der Waals surface area contributed by atoms with E-state index >= 15 is 0 Å². The Morgan fingerprint density at radius 1 is 1.30 bits per heavy atom. The van der Waals surface area contributed by atoms with Crippen molar-refractivity contribution in [3.8, 4) is 5.75 Å². The number of amides is 1. The predicted octanol–water partition coefficient (Wildman–Crippen LogP) is 3.73. The molecule has 0 saturated heterocycles. The molecule has 1 unspecified atom stereocenters. The average molecular weight is 513 g/mol. The van der Waals surface area contributed by atoms with Gasteiger partial charge >= 0.3 is 0 Å². The molecule has 1 aromatic carbocycles. The molecule has 9 nitrogen and oxygen atoms in total. The van der Waals surface area contributed by atoms with Crippen LogP contribution in [0.1, 0.15) is 48.2 Å². The van der Waals surface area contributed by atoms with Gasteiger partial charge in [0.1, 0.15) is 12.4 Å². The van der Waals surface area contributed by atoms with E-state index in [4.69, 9.17) is 20.3 Å². The third-order valence-electron chi connectivity index (χ3n) is 7.00. The van der Waals surface area contributed by atoms with Crippen LogP contribution in [0.15, 0.2) is 35.7 Å². The van der Waals surface area contributed by atoms with Crippen LogP contribution in [0.4, 0.5) is 20.3 Å². The monoisotopic (exact) mass is 512 g/mol. The lowest BCUT2D eigenvalue weighted by Crippen LogP contribution is -2.36. The van der Waals surface area contributed by atoms with Crippen molar-refractivity contribution in [1.82, 2.24) is 14.7 Å². The van der Waals surface area contributed by atoms with E-state index in [0.29, 0.717) is 62.1 Å². The number of aliphatic imine (C=N–C) groups is 1. The van der Waals surface area contributed by atoms with Gasteiger partial charge in [-0.1, -0.05) is 0 Å². The van der Waals surface area contributed by atoms with Crippen molar-refractivity contribution >= 4 is 29.2 Å². The minimum absolute atomic E-state index is 0.0130. The fourth-order valence-corrected chi connectivity index (χ4v) is 5.16. The summed E-state index contributed by atoms with van der Waals surface area (Å²) in [6.07, 6.45) is 5.06. The first-order valence-corrected chi connectivity index (χ1v) is 12.3. The number of fused-ring (bicyclic) bond motifs is 2. The molecule has 0 bridgehead atoms. The molecule has 1 atom stereocenters. The lowest BCUT2D eigenvalue weighted by Gasteiger charge is -2.33. The van der Waals surface area contributed by atoms with Crippen molar-refractivity contribution in [2.45, 2.75) is 38.8 Å². The van der Waals surface area contributed by atoms with Crippen molar-refractivity contribution in [2.24, 2.45) is 10.7 Å². The highest BCUT2D eigenvalue weighted by atomic mass is 19.3. The second kappa shape index (κ2) is 10.2. The zero-order valence-corrected chi connectivity index (χ0v) is 20.9. The van der Waals surface area contributed by atoms with Gasteiger partial charge in [-0.25, -0.2) is 8.78 Å². The summed E-state index contributed by atoms with van der Waals surface area (Å²) in [6.45, 7) is 3.93. The normalized spacial score (nSPS) is 19.6. The molecular weight excluding hydrogens is 482 g/mol. The molecule has 1 amide bonds. The van der Waals surface area contributed by atoms with Crippen LogP contribution in [0.25, 0.3) is 5.57 Å². The molecule has 0 fully saturated rings. The van der Waals surface area contributed by atoms with Crippen molar-refractivity contribution < 1.29 is 23.0 Å². The molecule has 0 spiro atoms. The number of alkyl halides is 2. The Hall–Kier alpha value is -3.89. The van der Waals surface area contributed by atoms with Crippen LogP contribution in [-0.2, 0) is 22.5 Å². The van der Waals surface area contributed by atoms with Gasteiger partial charge in [0, 0.05) is 68.2 Å². The number of nitrogens with two attached hydrogens (primary N) is 1. The van der Waals surface area contributed by atoms with Crippen molar-refractivity contribution in [1.29, 1.82) is 0 Å². The topological polar surface area (TPSA) is 98.2 Å². The molecule has 37 heavy (non-hydrogen) atoms. The lowest BCUT2D eigenvalue weighted by atomic mass is 9.98. The third kappa shape index (κ3) is 4.54. The summed E-state index contributed by atoms with van der Waals surface area (Å²) in [5, 5.41) is 5.01. The summed E-state index contributed by atoms with van der Waals surface area (Å²) in [5.74, 6) is 1.10. The molecule has 0 radical (unpaired) electrons. The number of benzene rings is 1. The Morgan fingerprint density at radius 2 is 2.14 bits per heavy atom. The number of anilines is 2. The number of hydrogen-bond donors (Lipinski definition) is 1. The lowest BCUT2D eigenvalue weighted by molar-refractivity contribution is -0.129. The Labute approximate surface area is 213 Å². The molecule has 196 valence electrons. The maximum Gasteiger partial charge on any atom is 0.264 e. The minimum atomic E-state index is -2.74. The average Bonchev–Trinajstić information content (AvgIpc) is 3.29. The van der Waals surface area contributed by atoms with E-state index in [9.17, 15) is 13.6 Å². The van der Waals surface area contributed by atoms with Crippen LogP contribution in [-0.4, -0.2) is 60.2 Å². The van der Waals surface area contributed by atoms with E-state index in [0.717, 1.165) is 17.7 Å². The summed E-state index contributed by atoms with van der Waals surface area (Å²) in [5.41, 5.74) is 8.70. The van der Waals surface area contributed by atoms with Crippen LogP contribution < -0.4 is 15.4 Å². The van der Waals surface area contributed by atoms with E-state index < -0.39 is 6.43 Å². The van der Waals surface area contributed by atoms with Crippen LogP contribution >= 0.6 is 0 Å². The van der Waals surface area contributed by atoms with Crippen LogP contribution in [0.5, 0.6) is 5.75 Å². The molecule has 0 saturated carbocycles. The Balaban J connectivity index is 1.65. The summed E-state index contributed by atoms with van der Waals surface area (Å²) in [6, 6.07) is 3.06. The highest BCUT2D eigenvalue weighted by Gasteiger charge is 2.34. The van der Waals surface area contributed by atoms with Crippen molar-refractivity contribution in [2.75, 3.05) is 38.3 Å². The number of rotatable bonds is 5. The second-order valence-electron chi connectivity index (χ2n) is 9.16. The molecule has 3 aliphatic heterocycles. The Morgan fingerprint density at radius 3 is 2.81 bits per heavy atom. The van der Waals surface area contributed by atoms with Gasteiger partial charge < -0.3 is 25.0 Å². The molecule has 1 aromatic heterocycles. The summed E-state index contributed by atoms with van der Waals surface area (Å²) in [7, 11) is 1.56. The zero-order chi connectivity index (χ0) is 26.1. The highest BCUT2D eigenvalue weighted by Crippen LogP contribution is 2.44. The van der Waals surface area contributed by atoms with Crippen molar-refractivity contribution in [3.63, 3.8) is 0 Å². The third-order valence-corrected chi connectivity index (χ3v) is 7.00. The number of nitrogens with zero attached hydrogens (tertiary/aromatic N) is 5. The van der Waals surface area contributed by atoms with Gasteiger partial charge in [0.25, 0.3) is 6.43 Å². The fourth-order valence-electron chi connectivity index (χ4n) is 5.16. The van der Waals surface area contributed by atoms with Crippen LogP contribution in [0, 0.1) is 0 Å². The molecular formula is C26H30F2N6O3. The maximum atomic E-state index is 14.3. The largest absolute Gasteiger partial charge is 0.501 e. The van der Waals surface area contributed by atoms with E-state index in [1.807, 2.05) is 15.7 Å². The molecule has 2 N–H and O–H groups in total. The van der Waals surface area contributed by atoms with Gasteiger partial charge in [-0.15, -0.1) is 0 Å². The van der Waals surface area contributed by atoms with Gasteiger partial charge in [0.05, 0.1) is 37.7 Å². The first kappa shape index (κ1) is 24.8. The highest BCUT2D eigenvalue weighted by molar-refractivity contribution is 6.10. The smallest absolute Gasteiger partial charge is 0.264 e. The molecule has 4 heterocycles.